The Kier molecular flexibility index (Phi) is 4.21. The normalized spacial score (nSPS) is 16.0. The molecule has 0 spiro atoms. The minimum Gasteiger partial charge on any atom is -0.207 e. The summed E-state index contributed by atoms with van der Waals surface area (Å²) >= 11 is 3.49. The van der Waals surface area contributed by atoms with E-state index in [2.05, 4.69) is 91.9 Å². The van der Waals surface area contributed by atoms with Crippen molar-refractivity contribution in [2.75, 3.05) is 0 Å². The summed E-state index contributed by atoms with van der Waals surface area (Å²) in [5, 5.41) is 1.09. The Morgan fingerprint density at radius 2 is 1.25 bits per heavy atom. The molecular formula is C21H17NS2. The molecule has 118 valence electrons. The molecule has 3 aromatic rings. The molecule has 3 heteroatoms. The van der Waals surface area contributed by atoms with E-state index in [1.54, 1.807) is 11.9 Å². The van der Waals surface area contributed by atoms with E-state index in [4.69, 9.17) is 4.40 Å². The summed E-state index contributed by atoms with van der Waals surface area (Å²) in [7, 11) is 0. The van der Waals surface area contributed by atoms with Crippen LogP contribution in [0.1, 0.15) is 22.3 Å². The molecule has 3 aromatic carbocycles. The van der Waals surface area contributed by atoms with Crippen molar-refractivity contribution in [2.24, 2.45) is 4.40 Å². The molecule has 0 fully saturated rings. The van der Waals surface area contributed by atoms with Gasteiger partial charge in [-0.2, -0.15) is 0 Å². The molecule has 1 nitrogen and oxygen atoms in total. The van der Waals surface area contributed by atoms with Crippen molar-refractivity contribution in [3.63, 3.8) is 0 Å². The van der Waals surface area contributed by atoms with Crippen LogP contribution in [0.4, 0.5) is 0 Å². The molecule has 1 aliphatic heterocycles. The van der Waals surface area contributed by atoms with E-state index in [-0.39, 0.29) is 4.08 Å². The van der Waals surface area contributed by atoms with Gasteiger partial charge in [-0.15, -0.1) is 0 Å². The van der Waals surface area contributed by atoms with Gasteiger partial charge in [0.05, 0.1) is 0 Å². The van der Waals surface area contributed by atoms with Crippen LogP contribution >= 0.6 is 23.7 Å². The topological polar surface area (TPSA) is 12.4 Å². The first-order valence-corrected chi connectivity index (χ1v) is 9.50. The van der Waals surface area contributed by atoms with Crippen molar-refractivity contribution >= 4 is 28.8 Å². The third-order valence-electron chi connectivity index (χ3n) is 4.10. The Bertz CT molecular complexity index is 816. The lowest BCUT2D eigenvalue weighted by Crippen LogP contribution is -2.17. The highest BCUT2D eigenvalue weighted by Gasteiger charge is 2.42. The monoisotopic (exact) mass is 347 g/mol. The number of hydrogen-bond donors (Lipinski definition) is 0. The molecule has 0 unspecified atom stereocenters. The maximum absolute atomic E-state index is 4.84. The third kappa shape index (κ3) is 2.79. The van der Waals surface area contributed by atoms with Gasteiger partial charge in [-0.05, 0) is 18.1 Å². The zero-order valence-corrected chi connectivity index (χ0v) is 15.0. The van der Waals surface area contributed by atoms with Crippen molar-refractivity contribution in [1.29, 1.82) is 0 Å². The summed E-state index contributed by atoms with van der Waals surface area (Å²) < 4.78 is 4.62. The first-order valence-electron chi connectivity index (χ1n) is 7.91. The van der Waals surface area contributed by atoms with Crippen molar-refractivity contribution in [1.82, 2.24) is 0 Å². The lowest BCUT2D eigenvalue weighted by Gasteiger charge is -2.27. The molecule has 24 heavy (non-hydrogen) atoms. The van der Waals surface area contributed by atoms with Crippen molar-refractivity contribution in [3.8, 4) is 0 Å². The van der Waals surface area contributed by atoms with E-state index in [0.29, 0.717) is 0 Å². The highest BCUT2D eigenvalue weighted by atomic mass is 32.2. The highest BCUT2D eigenvalue weighted by molar-refractivity contribution is 8.28. The van der Waals surface area contributed by atoms with Crippen molar-refractivity contribution in [3.05, 3.63) is 107 Å². The molecule has 0 saturated carbocycles. The van der Waals surface area contributed by atoms with Crippen LogP contribution < -0.4 is 0 Å². The maximum atomic E-state index is 4.84. The van der Waals surface area contributed by atoms with Crippen molar-refractivity contribution in [2.45, 2.75) is 11.0 Å². The summed E-state index contributed by atoms with van der Waals surface area (Å²) in [6.45, 7) is 2.11. The predicted octanol–water partition coefficient (Wildman–Crippen LogP) is 6.04. The molecule has 1 aliphatic rings. The molecule has 0 saturated heterocycles. The fourth-order valence-electron chi connectivity index (χ4n) is 2.79. The smallest absolute Gasteiger partial charge is 0.139 e. The fraction of sp³-hybridized carbons (Fsp3) is 0.0952. The van der Waals surface area contributed by atoms with E-state index in [9.17, 15) is 0 Å². The number of thioether (sulfide) groups is 1. The van der Waals surface area contributed by atoms with Crippen molar-refractivity contribution < 1.29 is 0 Å². The van der Waals surface area contributed by atoms with Gasteiger partial charge in [-0.25, -0.2) is 4.40 Å². The first kappa shape index (κ1) is 15.6. The van der Waals surface area contributed by atoms with Gasteiger partial charge in [0.15, 0.2) is 0 Å². The van der Waals surface area contributed by atoms with E-state index in [0.717, 1.165) is 5.04 Å². The fourth-order valence-corrected chi connectivity index (χ4v) is 5.38. The predicted molar refractivity (Wildman–Crippen MR) is 107 cm³/mol. The van der Waals surface area contributed by atoms with Gasteiger partial charge in [0.1, 0.15) is 9.12 Å². The summed E-state index contributed by atoms with van der Waals surface area (Å²) in [5.74, 6) is 0. The van der Waals surface area contributed by atoms with Crippen LogP contribution in [0.15, 0.2) is 89.3 Å². The van der Waals surface area contributed by atoms with Crippen LogP contribution in [0, 0.1) is 6.92 Å². The molecule has 0 atom stereocenters. The molecule has 0 N–H and O–H groups in total. The molecule has 1 heterocycles. The van der Waals surface area contributed by atoms with Crippen LogP contribution in [0.25, 0.3) is 0 Å². The Morgan fingerprint density at radius 1 is 0.708 bits per heavy atom. The number of benzene rings is 3. The minimum atomic E-state index is -0.220. The SMILES string of the molecule is Cc1ccc(C2=NSC(c3ccccc3)(c3ccccc3)S2)cc1. The second-order valence-electron chi connectivity index (χ2n) is 5.80. The molecule has 0 aromatic heterocycles. The highest BCUT2D eigenvalue weighted by Crippen LogP contribution is 2.57. The maximum Gasteiger partial charge on any atom is 0.139 e. The number of aryl methyl sites for hydroxylation is 1. The van der Waals surface area contributed by atoms with Crippen LogP contribution in [-0.2, 0) is 4.08 Å². The first-order chi connectivity index (χ1) is 11.8. The van der Waals surface area contributed by atoms with Gasteiger partial charge in [-0.3, -0.25) is 0 Å². The molecule has 0 radical (unpaired) electrons. The molecular weight excluding hydrogens is 330 g/mol. The minimum absolute atomic E-state index is 0.220. The zero-order valence-electron chi connectivity index (χ0n) is 13.3. The van der Waals surface area contributed by atoms with Gasteiger partial charge in [0.25, 0.3) is 0 Å². The second kappa shape index (κ2) is 6.50. The van der Waals surface area contributed by atoms with Crippen LogP contribution in [0.5, 0.6) is 0 Å². The van der Waals surface area contributed by atoms with E-state index < -0.39 is 0 Å². The standard InChI is InChI=1S/C21H17NS2/c1-16-12-14-17(15-13-16)20-22-24-21(23-20,18-8-4-2-5-9-18)19-10-6-3-7-11-19/h2-15H,1H3. The quantitative estimate of drug-likeness (QED) is 0.536. The lowest BCUT2D eigenvalue weighted by molar-refractivity contribution is 1.08. The Balaban J connectivity index is 1.76. The lowest BCUT2D eigenvalue weighted by atomic mass is 10.0. The Hall–Kier alpha value is -1.97. The number of nitrogens with zero attached hydrogens (tertiary/aromatic N) is 1. The molecule has 0 amide bonds. The van der Waals surface area contributed by atoms with Gasteiger partial charge in [0, 0.05) is 17.5 Å². The van der Waals surface area contributed by atoms with E-state index in [1.165, 1.54) is 22.3 Å². The van der Waals surface area contributed by atoms with Crippen LogP contribution in [0.2, 0.25) is 0 Å². The van der Waals surface area contributed by atoms with E-state index >= 15 is 0 Å². The zero-order chi connectivity index (χ0) is 16.4. The van der Waals surface area contributed by atoms with Gasteiger partial charge < -0.3 is 0 Å². The summed E-state index contributed by atoms with van der Waals surface area (Å²) in [6, 6.07) is 29.9. The van der Waals surface area contributed by atoms with Crippen LogP contribution in [0.3, 0.4) is 0 Å². The summed E-state index contributed by atoms with van der Waals surface area (Å²) in [6.07, 6.45) is 0. The third-order valence-corrected chi connectivity index (χ3v) is 6.97. The molecule has 4 rings (SSSR count). The average molecular weight is 348 g/mol. The Labute approximate surface area is 151 Å². The number of rotatable bonds is 3. The van der Waals surface area contributed by atoms with Gasteiger partial charge in [-0.1, -0.05) is 102 Å². The summed E-state index contributed by atoms with van der Waals surface area (Å²) in [5.41, 5.74) is 5.01. The number of hydrogen-bond acceptors (Lipinski definition) is 3. The Morgan fingerprint density at radius 3 is 1.79 bits per heavy atom. The second-order valence-corrected chi connectivity index (χ2v) is 8.24. The van der Waals surface area contributed by atoms with E-state index in [1.807, 2.05) is 11.8 Å². The molecule has 0 bridgehead atoms. The largest absolute Gasteiger partial charge is 0.207 e. The van der Waals surface area contributed by atoms with Crippen LogP contribution in [-0.4, -0.2) is 5.04 Å². The van der Waals surface area contributed by atoms with Gasteiger partial charge >= 0.3 is 0 Å². The summed E-state index contributed by atoms with van der Waals surface area (Å²) in [4.78, 5) is 0. The molecule has 0 aliphatic carbocycles. The average Bonchev–Trinajstić information content (AvgIpc) is 3.10. The van der Waals surface area contributed by atoms with Gasteiger partial charge in [0.2, 0.25) is 0 Å².